The molecule has 2 N–H and O–H groups in total. The van der Waals surface area contributed by atoms with Crippen LogP contribution in [0.25, 0.3) is 0 Å². The van der Waals surface area contributed by atoms with E-state index in [-0.39, 0.29) is 17.2 Å². The first kappa shape index (κ1) is 13.5. The number of hydrogen-bond acceptors (Lipinski definition) is 4. The number of anilines is 1. The highest BCUT2D eigenvalue weighted by atomic mass is 79.9. The molecule has 0 saturated carbocycles. The van der Waals surface area contributed by atoms with Crippen LogP contribution in [0.4, 0.5) is 5.69 Å². The number of ether oxygens (including phenoxy) is 1. The van der Waals surface area contributed by atoms with E-state index in [1.807, 2.05) is 0 Å². The minimum atomic E-state index is -3.42. The van der Waals surface area contributed by atoms with E-state index in [0.29, 0.717) is 0 Å². The van der Waals surface area contributed by atoms with Crippen LogP contribution < -0.4 is 5.73 Å². The van der Waals surface area contributed by atoms with Gasteiger partial charge < -0.3 is 10.5 Å². The van der Waals surface area contributed by atoms with Gasteiger partial charge in [-0.3, -0.25) is 0 Å². The Labute approximate surface area is 104 Å². The normalized spacial score (nSPS) is 13.7. The summed E-state index contributed by atoms with van der Waals surface area (Å²) in [5, 5.41) is -0.610. The predicted molar refractivity (Wildman–Crippen MR) is 67.1 cm³/mol. The molecule has 0 spiro atoms. The van der Waals surface area contributed by atoms with E-state index < -0.39 is 15.1 Å². The average Bonchev–Trinajstić information content (AvgIpc) is 2.17. The highest BCUT2D eigenvalue weighted by Crippen LogP contribution is 2.25. The molecule has 16 heavy (non-hydrogen) atoms. The number of sulfone groups is 1. The fraction of sp³-hybridized carbons (Fsp3) is 0.400. The predicted octanol–water partition coefficient (Wildman–Crippen LogP) is 1.84. The zero-order valence-electron chi connectivity index (χ0n) is 9.10. The Morgan fingerprint density at radius 1 is 1.50 bits per heavy atom. The number of nitrogen functional groups attached to an aromatic ring is 1. The highest BCUT2D eigenvalue weighted by molar-refractivity contribution is 9.10. The van der Waals surface area contributed by atoms with E-state index in [1.165, 1.54) is 13.2 Å². The molecular formula is C10H14BrNO3S. The number of benzene rings is 1. The lowest BCUT2D eigenvalue weighted by Crippen LogP contribution is -2.23. The highest BCUT2D eigenvalue weighted by Gasteiger charge is 2.25. The molecule has 0 radical (unpaired) electrons. The molecule has 0 amide bonds. The summed E-state index contributed by atoms with van der Waals surface area (Å²) in [7, 11) is -1.95. The summed E-state index contributed by atoms with van der Waals surface area (Å²) in [6.45, 7) is 1.75. The third kappa shape index (κ3) is 2.75. The van der Waals surface area contributed by atoms with E-state index in [4.69, 9.17) is 10.5 Å². The third-order valence-corrected chi connectivity index (χ3v) is 4.88. The van der Waals surface area contributed by atoms with Crippen LogP contribution >= 0.6 is 15.9 Å². The second-order valence-electron chi connectivity index (χ2n) is 3.49. The van der Waals surface area contributed by atoms with Crippen LogP contribution in [0, 0.1) is 0 Å². The molecule has 0 aromatic heterocycles. The number of hydrogen-bond donors (Lipinski definition) is 1. The maximum atomic E-state index is 12.1. The molecule has 90 valence electrons. The van der Waals surface area contributed by atoms with Crippen molar-refractivity contribution in [3.63, 3.8) is 0 Å². The number of methoxy groups -OCH3 is 1. The van der Waals surface area contributed by atoms with Crippen LogP contribution in [-0.4, -0.2) is 27.4 Å². The third-order valence-electron chi connectivity index (χ3n) is 2.21. The zero-order chi connectivity index (χ0) is 12.3. The largest absolute Gasteiger partial charge is 0.398 e. The van der Waals surface area contributed by atoms with Gasteiger partial charge in [-0.2, -0.15) is 0 Å². The Bertz CT molecular complexity index is 473. The molecule has 4 nitrogen and oxygen atoms in total. The standard InChI is InChI=1S/C10H14BrNO3S/c1-7(6-15-2)16(13,14)10-4-3-8(11)5-9(10)12/h3-5,7H,6,12H2,1-2H3. The Kier molecular flexibility index (Phi) is 4.35. The molecular weight excluding hydrogens is 294 g/mol. The van der Waals surface area contributed by atoms with Gasteiger partial charge in [-0.25, -0.2) is 8.42 Å². The van der Waals surface area contributed by atoms with Gasteiger partial charge in [0.1, 0.15) is 0 Å². The molecule has 1 unspecified atom stereocenters. The molecule has 0 bridgehead atoms. The lowest BCUT2D eigenvalue weighted by Gasteiger charge is -2.13. The Morgan fingerprint density at radius 2 is 2.12 bits per heavy atom. The van der Waals surface area contributed by atoms with Crippen molar-refractivity contribution in [1.82, 2.24) is 0 Å². The molecule has 1 aromatic carbocycles. The minimum Gasteiger partial charge on any atom is -0.398 e. The van der Waals surface area contributed by atoms with Crippen LogP contribution in [0.1, 0.15) is 6.92 Å². The molecule has 6 heteroatoms. The fourth-order valence-corrected chi connectivity index (χ4v) is 3.09. The lowest BCUT2D eigenvalue weighted by atomic mass is 10.3. The molecule has 0 heterocycles. The molecule has 0 aliphatic heterocycles. The van der Waals surface area contributed by atoms with Crippen molar-refractivity contribution in [3.8, 4) is 0 Å². The lowest BCUT2D eigenvalue weighted by molar-refractivity contribution is 0.200. The summed E-state index contributed by atoms with van der Waals surface area (Å²) in [5.41, 5.74) is 5.94. The Hall–Kier alpha value is -0.590. The van der Waals surface area contributed by atoms with E-state index in [1.54, 1.807) is 19.1 Å². The molecule has 1 atom stereocenters. The number of rotatable bonds is 4. The number of halogens is 1. The first-order chi connectivity index (χ1) is 7.39. The van der Waals surface area contributed by atoms with E-state index in [9.17, 15) is 8.42 Å². The molecule has 1 aromatic rings. The van der Waals surface area contributed by atoms with Gasteiger partial charge in [0.05, 0.1) is 22.4 Å². The van der Waals surface area contributed by atoms with Crippen molar-refractivity contribution in [1.29, 1.82) is 0 Å². The summed E-state index contributed by atoms with van der Waals surface area (Å²) in [5.74, 6) is 0. The van der Waals surface area contributed by atoms with Gasteiger partial charge in [0.15, 0.2) is 9.84 Å². The van der Waals surface area contributed by atoms with Crippen LogP contribution in [-0.2, 0) is 14.6 Å². The monoisotopic (exact) mass is 307 g/mol. The Morgan fingerprint density at radius 3 is 2.62 bits per heavy atom. The van der Waals surface area contributed by atoms with Crippen LogP contribution in [0.5, 0.6) is 0 Å². The number of nitrogens with two attached hydrogens (primary N) is 1. The first-order valence-corrected chi connectivity index (χ1v) is 7.01. The summed E-state index contributed by atoms with van der Waals surface area (Å²) in [4.78, 5) is 0.153. The summed E-state index contributed by atoms with van der Waals surface area (Å²) in [6.07, 6.45) is 0. The zero-order valence-corrected chi connectivity index (χ0v) is 11.5. The van der Waals surface area contributed by atoms with Gasteiger partial charge in [-0.05, 0) is 25.1 Å². The molecule has 0 aliphatic carbocycles. The topological polar surface area (TPSA) is 69.4 Å². The van der Waals surface area contributed by atoms with E-state index in [2.05, 4.69) is 15.9 Å². The Balaban J connectivity index is 3.17. The molecule has 1 rings (SSSR count). The van der Waals surface area contributed by atoms with Gasteiger partial charge in [0, 0.05) is 11.6 Å². The average molecular weight is 308 g/mol. The quantitative estimate of drug-likeness (QED) is 0.862. The van der Waals surface area contributed by atoms with Crippen molar-refractivity contribution < 1.29 is 13.2 Å². The second-order valence-corrected chi connectivity index (χ2v) is 6.74. The van der Waals surface area contributed by atoms with Gasteiger partial charge in [-0.1, -0.05) is 15.9 Å². The summed E-state index contributed by atoms with van der Waals surface area (Å²) in [6, 6.07) is 4.73. The SMILES string of the molecule is COCC(C)S(=O)(=O)c1ccc(Br)cc1N. The van der Waals surface area contributed by atoms with E-state index >= 15 is 0 Å². The van der Waals surface area contributed by atoms with Gasteiger partial charge in [0.2, 0.25) is 0 Å². The van der Waals surface area contributed by atoms with Gasteiger partial charge >= 0.3 is 0 Å². The van der Waals surface area contributed by atoms with Crippen molar-refractivity contribution in [2.45, 2.75) is 17.1 Å². The summed E-state index contributed by atoms with van der Waals surface area (Å²) < 4.78 is 29.8. The second kappa shape index (κ2) is 5.16. The minimum absolute atomic E-state index is 0.151. The van der Waals surface area contributed by atoms with Crippen molar-refractivity contribution in [2.24, 2.45) is 0 Å². The van der Waals surface area contributed by atoms with Gasteiger partial charge in [-0.15, -0.1) is 0 Å². The van der Waals surface area contributed by atoms with Crippen LogP contribution in [0.2, 0.25) is 0 Å². The maximum absolute atomic E-state index is 12.1. The van der Waals surface area contributed by atoms with Crippen molar-refractivity contribution >= 4 is 31.5 Å². The molecule has 0 fully saturated rings. The first-order valence-electron chi connectivity index (χ1n) is 4.67. The van der Waals surface area contributed by atoms with Gasteiger partial charge in [0.25, 0.3) is 0 Å². The van der Waals surface area contributed by atoms with Crippen LogP contribution in [0.15, 0.2) is 27.6 Å². The fourth-order valence-electron chi connectivity index (χ4n) is 1.32. The molecule has 0 saturated heterocycles. The van der Waals surface area contributed by atoms with E-state index in [0.717, 1.165) is 4.47 Å². The summed E-state index contributed by atoms with van der Waals surface area (Å²) >= 11 is 3.23. The molecule has 0 aliphatic rings. The smallest absolute Gasteiger partial charge is 0.185 e. The van der Waals surface area contributed by atoms with Crippen LogP contribution in [0.3, 0.4) is 0 Å². The van der Waals surface area contributed by atoms with Crippen molar-refractivity contribution in [2.75, 3.05) is 19.5 Å². The van der Waals surface area contributed by atoms with Crippen molar-refractivity contribution in [3.05, 3.63) is 22.7 Å². The maximum Gasteiger partial charge on any atom is 0.185 e.